The van der Waals surface area contributed by atoms with E-state index in [-0.39, 0.29) is 5.41 Å². The largest absolute Gasteiger partial charge is 0.372 e. The molecule has 1 aromatic carbocycles. The first-order chi connectivity index (χ1) is 11.1. The highest BCUT2D eigenvalue weighted by Gasteiger charge is 2.53. The summed E-state index contributed by atoms with van der Waals surface area (Å²) in [4.78, 5) is 0.523. The molecule has 5 heteroatoms. The predicted octanol–water partition coefficient (Wildman–Crippen LogP) is 2.56. The second-order valence-corrected chi connectivity index (χ2v) is 6.49. The van der Waals surface area contributed by atoms with Crippen LogP contribution < -0.4 is 5.32 Å². The van der Waals surface area contributed by atoms with Gasteiger partial charge in [0.15, 0.2) is 4.99 Å². The molecule has 3 saturated heterocycles. The van der Waals surface area contributed by atoms with Crippen LogP contribution >= 0.6 is 12.2 Å². The standard InChI is InChI=1S/C18H21NO3S/c1-3-10-17-11-20-18(21-12-17,22-13-17)15-7-4-14(5-8-15)6-9-16(23)19-2/h4-5,7-8H,3,10-13H2,1-2H3,(H,19,23). The molecule has 0 aliphatic carbocycles. The van der Waals surface area contributed by atoms with E-state index in [2.05, 4.69) is 24.1 Å². The summed E-state index contributed by atoms with van der Waals surface area (Å²) < 4.78 is 17.9. The fourth-order valence-corrected chi connectivity index (χ4v) is 2.99. The Morgan fingerprint density at radius 3 is 2.30 bits per heavy atom. The number of ether oxygens (including phenoxy) is 3. The van der Waals surface area contributed by atoms with Crippen molar-refractivity contribution in [3.63, 3.8) is 0 Å². The number of nitrogens with one attached hydrogen (secondary N) is 1. The Morgan fingerprint density at radius 1 is 1.17 bits per heavy atom. The summed E-state index contributed by atoms with van der Waals surface area (Å²) in [6, 6.07) is 7.72. The van der Waals surface area contributed by atoms with Gasteiger partial charge >= 0.3 is 5.97 Å². The number of fused-ring (bicyclic) bond motifs is 3. The molecule has 3 aliphatic rings. The Morgan fingerprint density at radius 2 is 1.78 bits per heavy atom. The van der Waals surface area contributed by atoms with Crippen LogP contribution in [0.1, 0.15) is 30.9 Å². The van der Waals surface area contributed by atoms with Crippen molar-refractivity contribution in [2.75, 3.05) is 26.9 Å². The van der Waals surface area contributed by atoms with Gasteiger partial charge in [0.05, 0.1) is 19.8 Å². The summed E-state index contributed by atoms with van der Waals surface area (Å²) in [6.07, 6.45) is 2.16. The highest BCUT2D eigenvalue weighted by Crippen LogP contribution is 2.46. The highest BCUT2D eigenvalue weighted by molar-refractivity contribution is 7.80. The van der Waals surface area contributed by atoms with Gasteiger partial charge in [0.2, 0.25) is 0 Å². The van der Waals surface area contributed by atoms with Gasteiger partial charge in [-0.25, -0.2) is 0 Å². The zero-order valence-corrected chi connectivity index (χ0v) is 14.3. The number of hydrogen-bond donors (Lipinski definition) is 1. The third-order valence-corrected chi connectivity index (χ3v) is 4.58. The second kappa shape index (κ2) is 6.58. The van der Waals surface area contributed by atoms with Gasteiger partial charge in [0.25, 0.3) is 0 Å². The van der Waals surface area contributed by atoms with Crippen molar-refractivity contribution in [2.45, 2.75) is 25.7 Å². The Bertz CT molecular complexity index is 620. The molecule has 0 spiro atoms. The number of thiocarbonyl (C=S) groups is 1. The van der Waals surface area contributed by atoms with Crippen molar-refractivity contribution in [3.8, 4) is 11.8 Å². The van der Waals surface area contributed by atoms with E-state index in [9.17, 15) is 0 Å². The van der Waals surface area contributed by atoms with Gasteiger partial charge in [-0.1, -0.05) is 31.5 Å². The zero-order valence-electron chi connectivity index (χ0n) is 13.5. The van der Waals surface area contributed by atoms with E-state index in [4.69, 9.17) is 26.4 Å². The van der Waals surface area contributed by atoms with E-state index in [1.54, 1.807) is 7.05 Å². The minimum atomic E-state index is -1.05. The molecular weight excluding hydrogens is 310 g/mol. The molecule has 4 nitrogen and oxygen atoms in total. The van der Waals surface area contributed by atoms with Gasteiger partial charge in [0, 0.05) is 23.6 Å². The lowest BCUT2D eigenvalue weighted by Crippen LogP contribution is -2.58. The Labute approximate surface area is 142 Å². The SMILES string of the molecule is CCCC12COC(c3ccc(C#CC(=S)NC)cc3)(OC1)OC2. The molecule has 1 N–H and O–H groups in total. The van der Waals surface area contributed by atoms with Crippen LogP contribution in [-0.2, 0) is 20.2 Å². The topological polar surface area (TPSA) is 39.7 Å². The molecule has 2 bridgehead atoms. The van der Waals surface area contributed by atoms with Crippen molar-refractivity contribution in [1.82, 2.24) is 5.32 Å². The van der Waals surface area contributed by atoms with E-state index in [1.165, 1.54) is 0 Å². The first-order valence-electron chi connectivity index (χ1n) is 7.88. The molecule has 0 atom stereocenters. The number of rotatable bonds is 3. The van der Waals surface area contributed by atoms with E-state index >= 15 is 0 Å². The van der Waals surface area contributed by atoms with Crippen molar-refractivity contribution >= 4 is 17.2 Å². The van der Waals surface area contributed by atoms with Gasteiger partial charge in [-0.15, -0.1) is 0 Å². The van der Waals surface area contributed by atoms with Crippen LogP contribution in [0.3, 0.4) is 0 Å². The minimum Gasteiger partial charge on any atom is -0.372 e. The molecule has 0 amide bonds. The van der Waals surface area contributed by atoms with E-state index in [1.807, 2.05) is 24.3 Å². The molecular formula is C18H21NO3S. The van der Waals surface area contributed by atoms with Crippen LogP contribution in [0, 0.1) is 17.3 Å². The zero-order chi connectivity index (χ0) is 16.3. The molecule has 3 fully saturated rings. The lowest BCUT2D eigenvalue weighted by molar-refractivity contribution is -0.480. The summed E-state index contributed by atoms with van der Waals surface area (Å²) in [5, 5.41) is 2.83. The highest BCUT2D eigenvalue weighted by atomic mass is 32.1. The molecule has 4 rings (SSSR count). The third-order valence-electron chi connectivity index (χ3n) is 4.27. The molecule has 0 aromatic heterocycles. The monoisotopic (exact) mass is 331 g/mol. The molecule has 122 valence electrons. The molecule has 3 aliphatic heterocycles. The van der Waals surface area contributed by atoms with Gasteiger partial charge in [-0.05, 0) is 36.6 Å². The Kier molecular flexibility index (Phi) is 4.69. The fourth-order valence-electron chi connectivity index (χ4n) is 2.94. The molecule has 3 heterocycles. The molecule has 0 unspecified atom stereocenters. The maximum atomic E-state index is 5.95. The van der Waals surface area contributed by atoms with Crippen LogP contribution in [0.15, 0.2) is 24.3 Å². The first-order valence-corrected chi connectivity index (χ1v) is 8.28. The van der Waals surface area contributed by atoms with Gasteiger partial charge in [-0.2, -0.15) is 0 Å². The summed E-state index contributed by atoms with van der Waals surface area (Å²) in [5.74, 6) is 4.83. The van der Waals surface area contributed by atoms with Crippen molar-refractivity contribution in [3.05, 3.63) is 35.4 Å². The van der Waals surface area contributed by atoms with Crippen LogP contribution in [0.4, 0.5) is 0 Å². The first kappa shape index (κ1) is 16.4. The fraction of sp³-hybridized carbons (Fsp3) is 0.500. The molecule has 1 aromatic rings. The van der Waals surface area contributed by atoms with Crippen LogP contribution in [-0.4, -0.2) is 31.9 Å². The van der Waals surface area contributed by atoms with Gasteiger partial charge in [0.1, 0.15) is 0 Å². The Hall–Kier alpha value is -1.45. The number of hydrogen-bond acceptors (Lipinski definition) is 4. The quantitative estimate of drug-likeness (QED) is 0.681. The third kappa shape index (κ3) is 3.26. The van der Waals surface area contributed by atoms with E-state index in [0.29, 0.717) is 24.8 Å². The summed E-state index contributed by atoms with van der Waals surface area (Å²) in [6.45, 7) is 4.21. The maximum Gasteiger partial charge on any atom is 0.312 e. The lowest BCUT2D eigenvalue weighted by atomic mass is 9.83. The molecule has 0 saturated carbocycles. The van der Waals surface area contributed by atoms with E-state index in [0.717, 1.165) is 24.0 Å². The van der Waals surface area contributed by atoms with Crippen molar-refractivity contribution in [1.29, 1.82) is 0 Å². The Balaban J connectivity index is 1.73. The van der Waals surface area contributed by atoms with Gasteiger partial charge in [-0.3, -0.25) is 0 Å². The molecule has 23 heavy (non-hydrogen) atoms. The smallest absolute Gasteiger partial charge is 0.312 e. The normalized spacial score (nSPS) is 28.8. The molecule has 0 radical (unpaired) electrons. The van der Waals surface area contributed by atoms with Crippen molar-refractivity contribution < 1.29 is 14.2 Å². The number of benzene rings is 1. The van der Waals surface area contributed by atoms with Crippen molar-refractivity contribution in [2.24, 2.45) is 5.41 Å². The second-order valence-electron chi connectivity index (χ2n) is 6.08. The summed E-state index contributed by atoms with van der Waals surface area (Å²) in [5.41, 5.74) is 1.77. The summed E-state index contributed by atoms with van der Waals surface area (Å²) in [7, 11) is 1.76. The predicted molar refractivity (Wildman–Crippen MR) is 91.9 cm³/mol. The lowest BCUT2D eigenvalue weighted by Gasteiger charge is -2.51. The minimum absolute atomic E-state index is 0.0186. The average molecular weight is 331 g/mol. The van der Waals surface area contributed by atoms with Crippen LogP contribution in [0.5, 0.6) is 0 Å². The summed E-state index contributed by atoms with van der Waals surface area (Å²) >= 11 is 5.01. The maximum absolute atomic E-state index is 5.95. The van der Waals surface area contributed by atoms with Crippen LogP contribution in [0.25, 0.3) is 0 Å². The van der Waals surface area contributed by atoms with Crippen LogP contribution in [0.2, 0.25) is 0 Å². The van der Waals surface area contributed by atoms with Gasteiger partial charge < -0.3 is 19.5 Å². The average Bonchev–Trinajstić information content (AvgIpc) is 2.62. The van der Waals surface area contributed by atoms with E-state index < -0.39 is 5.97 Å².